The van der Waals surface area contributed by atoms with Crippen molar-refractivity contribution in [2.75, 3.05) is 0 Å². The van der Waals surface area contributed by atoms with Gasteiger partial charge in [0.2, 0.25) is 0 Å². The minimum absolute atomic E-state index is 0.277. The van der Waals surface area contributed by atoms with Crippen molar-refractivity contribution in [3.05, 3.63) is 68.8 Å². The van der Waals surface area contributed by atoms with Gasteiger partial charge in [-0.15, -0.1) is 0 Å². The summed E-state index contributed by atoms with van der Waals surface area (Å²) in [4.78, 5) is 12.2. The zero-order chi connectivity index (χ0) is 17.1. The molecule has 0 spiro atoms. The number of halogens is 1. The number of hydrogen-bond donors (Lipinski definition) is 0. The van der Waals surface area contributed by atoms with E-state index < -0.39 is 0 Å². The van der Waals surface area contributed by atoms with E-state index in [9.17, 15) is 4.79 Å². The first kappa shape index (κ1) is 17.7. The molecule has 0 amide bonds. The molecular weight excluding hydrogens is 352 g/mol. The molecule has 0 radical (unpaired) electrons. The van der Waals surface area contributed by atoms with Crippen LogP contribution in [-0.4, -0.2) is 5.97 Å². The smallest absolute Gasteiger partial charge is 0.338 e. The van der Waals surface area contributed by atoms with Crippen LogP contribution in [0.3, 0.4) is 0 Å². The molecule has 0 aliphatic carbocycles. The van der Waals surface area contributed by atoms with Gasteiger partial charge in [-0.05, 0) is 85.7 Å². The fraction of sp³-hybridized carbons (Fsp3) is 0.350. The summed E-state index contributed by atoms with van der Waals surface area (Å²) in [5.41, 5.74) is 9.16. The molecule has 23 heavy (non-hydrogen) atoms. The van der Waals surface area contributed by atoms with Crippen molar-refractivity contribution < 1.29 is 9.53 Å². The third-order valence-corrected chi connectivity index (χ3v) is 5.49. The van der Waals surface area contributed by atoms with Crippen LogP contribution in [0.15, 0.2) is 24.3 Å². The average Bonchev–Trinajstić information content (AvgIpc) is 2.58. The van der Waals surface area contributed by atoms with Crippen molar-refractivity contribution in [2.24, 2.45) is 0 Å². The standard InChI is InChI=1S/C20H23BrO2/c1-12-13(2)15(4)19(16(5)14(12)3)11-23-20(22)18-8-6-17(10-21)7-9-18/h6-9H,10-11H2,1-5H3. The van der Waals surface area contributed by atoms with E-state index in [0.717, 1.165) is 16.5 Å². The van der Waals surface area contributed by atoms with Crippen molar-refractivity contribution >= 4 is 21.9 Å². The predicted octanol–water partition coefficient (Wildman–Crippen LogP) is 5.48. The maximum Gasteiger partial charge on any atom is 0.338 e. The van der Waals surface area contributed by atoms with Crippen LogP contribution < -0.4 is 0 Å². The summed E-state index contributed by atoms with van der Waals surface area (Å²) in [6, 6.07) is 7.48. The zero-order valence-corrected chi connectivity index (χ0v) is 16.0. The molecule has 0 aliphatic heterocycles. The molecule has 0 atom stereocenters. The van der Waals surface area contributed by atoms with E-state index in [1.807, 2.05) is 24.3 Å². The Morgan fingerprint density at radius 2 is 1.35 bits per heavy atom. The predicted molar refractivity (Wildman–Crippen MR) is 98.3 cm³/mol. The van der Waals surface area contributed by atoms with Crippen molar-refractivity contribution in [1.82, 2.24) is 0 Å². The molecule has 0 saturated heterocycles. The molecule has 3 heteroatoms. The summed E-state index contributed by atoms with van der Waals surface area (Å²) in [6.07, 6.45) is 0. The van der Waals surface area contributed by atoms with E-state index in [4.69, 9.17) is 4.74 Å². The van der Waals surface area contributed by atoms with Gasteiger partial charge in [0, 0.05) is 5.33 Å². The van der Waals surface area contributed by atoms with Crippen molar-refractivity contribution in [2.45, 2.75) is 46.6 Å². The van der Waals surface area contributed by atoms with Crippen LogP contribution in [0, 0.1) is 34.6 Å². The first-order valence-corrected chi connectivity index (χ1v) is 8.86. The Morgan fingerprint density at radius 3 is 1.83 bits per heavy atom. The van der Waals surface area contributed by atoms with Gasteiger partial charge in [-0.1, -0.05) is 28.1 Å². The number of carbonyl (C=O) groups excluding carboxylic acids is 1. The second-order valence-corrected chi connectivity index (χ2v) is 6.57. The lowest BCUT2D eigenvalue weighted by Crippen LogP contribution is -2.09. The van der Waals surface area contributed by atoms with E-state index in [1.165, 1.54) is 27.8 Å². The van der Waals surface area contributed by atoms with Crippen LogP contribution in [0.4, 0.5) is 0 Å². The summed E-state index contributed by atoms with van der Waals surface area (Å²) in [7, 11) is 0. The Bertz CT molecular complexity index is 701. The molecule has 0 fully saturated rings. The first-order valence-electron chi connectivity index (χ1n) is 7.74. The molecule has 0 aliphatic rings. The second kappa shape index (κ2) is 7.31. The largest absolute Gasteiger partial charge is 0.457 e. The van der Waals surface area contributed by atoms with E-state index in [-0.39, 0.29) is 5.97 Å². The van der Waals surface area contributed by atoms with Gasteiger partial charge < -0.3 is 4.74 Å². The van der Waals surface area contributed by atoms with Crippen molar-refractivity contribution in [3.8, 4) is 0 Å². The number of esters is 1. The maximum atomic E-state index is 12.2. The molecule has 2 aromatic carbocycles. The molecule has 0 bridgehead atoms. The number of benzene rings is 2. The highest BCUT2D eigenvalue weighted by atomic mass is 79.9. The van der Waals surface area contributed by atoms with E-state index in [1.54, 1.807) is 0 Å². The number of carbonyl (C=O) groups is 1. The normalized spacial score (nSPS) is 10.7. The Morgan fingerprint density at radius 1 is 0.870 bits per heavy atom. The molecular formula is C20H23BrO2. The summed E-state index contributed by atoms with van der Waals surface area (Å²) in [6.45, 7) is 10.9. The zero-order valence-electron chi connectivity index (χ0n) is 14.4. The van der Waals surface area contributed by atoms with Crippen LogP contribution in [0.25, 0.3) is 0 Å². The van der Waals surface area contributed by atoms with Gasteiger partial charge in [0.05, 0.1) is 5.56 Å². The SMILES string of the molecule is Cc1c(C)c(C)c(COC(=O)c2ccc(CBr)cc2)c(C)c1C. The molecule has 0 heterocycles. The molecule has 2 aromatic rings. The van der Waals surface area contributed by atoms with E-state index in [0.29, 0.717) is 12.2 Å². The highest BCUT2D eigenvalue weighted by Crippen LogP contribution is 2.26. The monoisotopic (exact) mass is 374 g/mol. The van der Waals surface area contributed by atoms with Crippen LogP contribution in [0.5, 0.6) is 0 Å². The maximum absolute atomic E-state index is 12.2. The lowest BCUT2D eigenvalue weighted by atomic mass is 9.90. The summed E-state index contributed by atoms with van der Waals surface area (Å²) >= 11 is 3.40. The highest BCUT2D eigenvalue weighted by Gasteiger charge is 2.14. The van der Waals surface area contributed by atoms with E-state index >= 15 is 0 Å². The van der Waals surface area contributed by atoms with Gasteiger partial charge in [0.1, 0.15) is 6.61 Å². The van der Waals surface area contributed by atoms with Gasteiger partial charge in [-0.3, -0.25) is 0 Å². The van der Waals surface area contributed by atoms with Gasteiger partial charge in [-0.2, -0.15) is 0 Å². The number of hydrogen-bond acceptors (Lipinski definition) is 2. The fourth-order valence-electron chi connectivity index (χ4n) is 2.75. The molecule has 0 N–H and O–H groups in total. The van der Waals surface area contributed by atoms with Gasteiger partial charge in [0.25, 0.3) is 0 Å². The van der Waals surface area contributed by atoms with Crippen LogP contribution in [0.2, 0.25) is 0 Å². The van der Waals surface area contributed by atoms with Gasteiger partial charge >= 0.3 is 5.97 Å². The third kappa shape index (κ3) is 3.66. The molecule has 0 aromatic heterocycles. The van der Waals surface area contributed by atoms with Crippen LogP contribution in [-0.2, 0) is 16.7 Å². The Balaban J connectivity index is 2.19. The highest BCUT2D eigenvalue weighted by molar-refractivity contribution is 9.08. The minimum atomic E-state index is -0.277. The minimum Gasteiger partial charge on any atom is -0.457 e. The molecule has 2 nitrogen and oxygen atoms in total. The average molecular weight is 375 g/mol. The Hall–Kier alpha value is -1.61. The Kier molecular flexibility index (Phi) is 5.64. The first-order chi connectivity index (χ1) is 10.9. The quantitative estimate of drug-likeness (QED) is 0.522. The molecule has 0 unspecified atom stereocenters. The molecule has 2 rings (SSSR count). The lowest BCUT2D eigenvalue weighted by molar-refractivity contribution is 0.0471. The summed E-state index contributed by atoms with van der Waals surface area (Å²) < 4.78 is 5.55. The topological polar surface area (TPSA) is 26.3 Å². The van der Waals surface area contributed by atoms with Gasteiger partial charge in [0.15, 0.2) is 0 Å². The summed E-state index contributed by atoms with van der Waals surface area (Å²) in [5, 5.41) is 0.780. The van der Waals surface area contributed by atoms with Gasteiger partial charge in [-0.25, -0.2) is 4.79 Å². The number of rotatable bonds is 4. The van der Waals surface area contributed by atoms with E-state index in [2.05, 4.69) is 50.5 Å². The lowest BCUT2D eigenvalue weighted by Gasteiger charge is -2.18. The second-order valence-electron chi connectivity index (χ2n) is 6.01. The van der Waals surface area contributed by atoms with Crippen LogP contribution >= 0.6 is 15.9 Å². The molecule has 122 valence electrons. The fourth-order valence-corrected chi connectivity index (χ4v) is 3.12. The third-order valence-electron chi connectivity index (χ3n) is 4.85. The van der Waals surface area contributed by atoms with Crippen LogP contribution in [0.1, 0.15) is 49.3 Å². The summed E-state index contributed by atoms with van der Waals surface area (Å²) in [5.74, 6) is -0.277. The number of ether oxygens (including phenoxy) is 1. The molecule has 0 saturated carbocycles. The van der Waals surface area contributed by atoms with Crippen molar-refractivity contribution in [3.63, 3.8) is 0 Å². The Labute approximate surface area is 147 Å². The number of alkyl halides is 1. The van der Waals surface area contributed by atoms with Crippen molar-refractivity contribution in [1.29, 1.82) is 0 Å².